The van der Waals surface area contributed by atoms with Gasteiger partial charge in [0.2, 0.25) is 0 Å². The third-order valence-electron chi connectivity index (χ3n) is 3.95. The number of nitrogens with zero attached hydrogens (tertiary/aromatic N) is 3. The highest BCUT2D eigenvalue weighted by molar-refractivity contribution is 5.70. The molecule has 118 valence electrons. The summed E-state index contributed by atoms with van der Waals surface area (Å²) >= 11 is 0. The van der Waals surface area contributed by atoms with Crippen LogP contribution in [0, 0.1) is 25.6 Å². The van der Waals surface area contributed by atoms with Gasteiger partial charge >= 0.3 is 5.69 Å². The van der Waals surface area contributed by atoms with Crippen molar-refractivity contribution < 1.29 is 9.85 Å². The summed E-state index contributed by atoms with van der Waals surface area (Å²) in [6, 6.07) is 3.45. The molecule has 1 aliphatic rings. The zero-order valence-electron chi connectivity index (χ0n) is 12.3. The SMILES string of the molecule is CC1(/C=N/Nc2ccc([N+](=O)[O-])cc2[N+](=O)[O-])CCCCC1. The number of non-ortho nitro benzene ring substituents is 1. The predicted molar refractivity (Wildman–Crippen MR) is 83.1 cm³/mol. The second-order valence-corrected chi connectivity index (χ2v) is 5.80. The van der Waals surface area contributed by atoms with Crippen LogP contribution in [0.5, 0.6) is 0 Å². The number of rotatable bonds is 5. The maximum absolute atomic E-state index is 11.0. The van der Waals surface area contributed by atoms with Gasteiger partial charge in [-0.15, -0.1) is 0 Å². The molecule has 0 unspecified atom stereocenters. The Balaban J connectivity index is 2.15. The molecular formula is C14H18N4O4. The number of benzene rings is 1. The molecule has 0 amide bonds. The molecular weight excluding hydrogens is 288 g/mol. The third kappa shape index (κ3) is 3.78. The summed E-state index contributed by atoms with van der Waals surface area (Å²) < 4.78 is 0. The van der Waals surface area contributed by atoms with Gasteiger partial charge in [-0.25, -0.2) is 0 Å². The highest BCUT2D eigenvalue weighted by Gasteiger charge is 2.25. The highest BCUT2D eigenvalue weighted by Crippen LogP contribution is 2.34. The van der Waals surface area contributed by atoms with E-state index in [2.05, 4.69) is 17.5 Å². The Morgan fingerprint density at radius 3 is 2.45 bits per heavy atom. The molecule has 1 N–H and O–H groups in total. The highest BCUT2D eigenvalue weighted by atomic mass is 16.6. The van der Waals surface area contributed by atoms with Gasteiger partial charge in [-0.1, -0.05) is 26.2 Å². The molecule has 0 saturated heterocycles. The number of hydrogen-bond donors (Lipinski definition) is 1. The largest absolute Gasteiger partial charge is 0.301 e. The fourth-order valence-electron chi connectivity index (χ4n) is 2.63. The second-order valence-electron chi connectivity index (χ2n) is 5.80. The molecule has 0 heterocycles. The third-order valence-corrected chi connectivity index (χ3v) is 3.95. The van der Waals surface area contributed by atoms with E-state index in [-0.39, 0.29) is 22.5 Å². The van der Waals surface area contributed by atoms with Crippen LogP contribution in [0.4, 0.5) is 17.1 Å². The Hall–Kier alpha value is -2.51. The van der Waals surface area contributed by atoms with E-state index in [0.29, 0.717) is 0 Å². The zero-order chi connectivity index (χ0) is 16.2. The summed E-state index contributed by atoms with van der Waals surface area (Å²) in [6.07, 6.45) is 7.41. The van der Waals surface area contributed by atoms with Crippen molar-refractivity contribution in [2.45, 2.75) is 39.0 Å². The molecule has 0 bridgehead atoms. The normalized spacial score (nSPS) is 17.3. The maximum atomic E-state index is 11.0. The van der Waals surface area contributed by atoms with Crippen molar-refractivity contribution in [1.29, 1.82) is 0 Å². The van der Waals surface area contributed by atoms with Crippen molar-refractivity contribution in [1.82, 2.24) is 0 Å². The van der Waals surface area contributed by atoms with Gasteiger partial charge in [-0.05, 0) is 18.9 Å². The molecule has 8 heteroatoms. The van der Waals surface area contributed by atoms with Crippen molar-refractivity contribution in [3.8, 4) is 0 Å². The van der Waals surface area contributed by atoms with Crippen LogP contribution in [0.1, 0.15) is 39.0 Å². The molecule has 8 nitrogen and oxygen atoms in total. The summed E-state index contributed by atoms with van der Waals surface area (Å²) in [6.45, 7) is 2.11. The molecule has 1 aromatic carbocycles. The summed E-state index contributed by atoms with van der Waals surface area (Å²) in [7, 11) is 0. The minimum absolute atomic E-state index is 0.000800. The zero-order valence-corrected chi connectivity index (χ0v) is 12.3. The van der Waals surface area contributed by atoms with E-state index in [9.17, 15) is 20.2 Å². The van der Waals surface area contributed by atoms with E-state index in [1.165, 1.54) is 18.6 Å². The van der Waals surface area contributed by atoms with Gasteiger partial charge in [0, 0.05) is 17.7 Å². The molecule has 0 aliphatic heterocycles. The van der Waals surface area contributed by atoms with Gasteiger partial charge in [-0.2, -0.15) is 5.10 Å². The fourth-order valence-corrected chi connectivity index (χ4v) is 2.63. The number of hydrazone groups is 1. The number of anilines is 1. The topological polar surface area (TPSA) is 111 Å². The van der Waals surface area contributed by atoms with Crippen LogP contribution in [-0.4, -0.2) is 16.1 Å². The average molecular weight is 306 g/mol. The standard InChI is InChI=1S/C14H18N4O4/c1-14(7-3-2-4-8-14)10-15-16-12-6-5-11(17(19)20)9-13(12)18(21)22/h5-6,9-10,16H,2-4,7-8H2,1H3/b15-10+. The number of nitro benzene ring substituents is 2. The fraction of sp³-hybridized carbons (Fsp3) is 0.500. The minimum atomic E-state index is -0.664. The van der Waals surface area contributed by atoms with Crippen LogP contribution < -0.4 is 5.43 Å². The van der Waals surface area contributed by atoms with E-state index in [1.54, 1.807) is 6.21 Å². The van der Waals surface area contributed by atoms with E-state index in [1.807, 2.05) is 0 Å². The lowest BCUT2D eigenvalue weighted by Crippen LogP contribution is -2.22. The first kappa shape index (κ1) is 15.9. The predicted octanol–water partition coefficient (Wildman–Crippen LogP) is 3.87. The van der Waals surface area contributed by atoms with Crippen LogP contribution in [0.2, 0.25) is 0 Å². The van der Waals surface area contributed by atoms with Crippen LogP contribution >= 0.6 is 0 Å². The Morgan fingerprint density at radius 1 is 1.18 bits per heavy atom. The lowest BCUT2D eigenvalue weighted by molar-refractivity contribution is -0.393. The van der Waals surface area contributed by atoms with Crippen molar-refractivity contribution in [2.75, 3.05) is 5.43 Å². The smallest absolute Gasteiger partial charge is 0.272 e. The number of nitro groups is 2. The van der Waals surface area contributed by atoms with Gasteiger partial charge in [0.05, 0.1) is 15.9 Å². The van der Waals surface area contributed by atoms with Crippen LogP contribution in [0.15, 0.2) is 23.3 Å². The Morgan fingerprint density at radius 2 is 1.86 bits per heavy atom. The second kappa shape index (κ2) is 6.50. The molecule has 1 saturated carbocycles. The molecule has 0 aromatic heterocycles. The first-order valence-electron chi connectivity index (χ1n) is 7.14. The average Bonchev–Trinajstić information content (AvgIpc) is 2.47. The summed E-state index contributed by atoms with van der Waals surface area (Å²) in [5.41, 5.74) is 2.10. The van der Waals surface area contributed by atoms with E-state index >= 15 is 0 Å². The van der Waals surface area contributed by atoms with Gasteiger partial charge in [0.1, 0.15) is 5.69 Å². The Bertz CT molecular complexity index is 609. The first-order chi connectivity index (χ1) is 10.4. The van der Waals surface area contributed by atoms with Crippen LogP contribution in [0.25, 0.3) is 0 Å². The van der Waals surface area contributed by atoms with Crippen molar-refractivity contribution in [2.24, 2.45) is 10.5 Å². The van der Waals surface area contributed by atoms with Gasteiger partial charge in [0.15, 0.2) is 0 Å². The Kier molecular flexibility index (Phi) is 4.69. The molecule has 1 aromatic rings. The molecule has 22 heavy (non-hydrogen) atoms. The van der Waals surface area contributed by atoms with Crippen LogP contribution in [-0.2, 0) is 0 Å². The van der Waals surface area contributed by atoms with E-state index < -0.39 is 9.85 Å². The number of hydrogen-bond acceptors (Lipinski definition) is 6. The lowest BCUT2D eigenvalue weighted by Gasteiger charge is -2.29. The van der Waals surface area contributed by atoms with E-state index in [0.717, 1.165) is 31.7 Å². The maximum Gasteiger partial charge on any atom is 0.301 e. The summed E-state index contributed by atoms with van der Waals surface area (Å²) in [5, 5.41) is 25.8. The number of nitrogens with one attached hydrogen (secondary N) is 1. The summed E-state index contributed by atoms with van der Waals surface area (Å²) in [5.74, 6) is 0. The lowest BCUT2D eigenvalue weighted by atomic mass is 9.77. The summed E-state index contributed by atoms with van der Waals surface area (Å²) in [4.78, 5) is 20.4. The molecule has 1 aliphatic carbocycles. The van der Waals surface area contributed by atoms with Gasteiger partial charge in [-0.3, -0.25) is 25.7 Å². The molecule has 0 spiro atoms. The van der Waals surface area contributed by atoms with Crippen molar-refractivity contribution >= 4 is 23.3 Å². The van der Waals surface area contributed by atoms with Crippen molar-refractivity contribution in [3.05, 3.63) is 38.4 Å². The van der Waals surface area contributed by atoms with Gasteiger partial charge < -0.3 is 0 Å². The molecule has 1 fully saturated rings. The molecule has 0 radical (unpaired) electrons. The van der Waals surface area contributed by atoms with Crippen LogP contribution in [0.3, 0.4) is 0 Å². The molecule has 0 atom stereocenters. The quantitative estimate of drug-likeness (QED) is 0.504. The Labute approximate surface area is 127 Å². The van der Waals surface area contributed by atoms with Gasteiger partial charge in [0.25, 0.3) is 5.69 Å². The van der Waals surface area contributed by atoms with Crippen molar-refractivity contribution in [3.63, 3.8) is 0 Å². The minimum Gasteiger partial charge on any atom is -0.272 e. The van der Waals surface area contributed by atoms with E-state index in [4.69, 9.17) is 0 Å². The molecule has 2 rings (SSSR count). The monoisotopic (exact) mass is 306 g/mol. The first-order valence-corrected chi connectivity index (χ1v) is 7.14.